The predicted octanol–water partition coefficient (Wildman–Crippen LogP) is 1.51. The van der Waals surface area contributed by atoms with Gasteiger partial charge in [-0.1, -0.05) is 19.9 Å². The van der Waals surface area contributed by atoms with Crippen LogP contribution in [0.25, 0.3) is 0 Å². The normalized spacial score (nSPS) is 19.5. The van der Waals surface area contributed by atoms with Crippen LogP contribution in [-0.2, 0) is 14.4 Å². The maximum Gasteiger partial charge on any atom is 0.352 e. The van der Waals surface area contributed by atoms with Gasteiger partial charge in [-0.25, -0.2) is 4.79 Å². The first-order valence-electron chi connectivity index (χ1n) is 7.34. The van der Waals surface area contributed by atoms with Crippen LogP contribution in [0, 0.1) is 11.3 Å². The Balaban J connectivity index is 2.29. The molecular formula is C15H24N2O4S. The molecule has 1 atom stereocenters. The largest absolute Gasteiger partial charge is 0.477 e. The molecule has 4 N–H and O–H groups in total. The van der Waals surface area contributed by atoms with Gasteiger partial charge in [-0.15, -0.1) is 0 Å². The van der Waals surface area contributed by atoms with Gasteiger partial charge < -0.3 is 16.2 Å². The van der Waals surface area contributed by atoms with Crippen molar-refractivity contribution in [1.29, 1.82) is 0 Å². The van der Waals surface area contributed by atoms with Crippen LogP contribution in [0.5, 0.6) is 0 Å². The highest BCUT2D eigenvalue weighted by Gasteiger charge is 2.50. The maximum atomic E-state index is 11.9. The molecule has 0 bridgehead atoms. The Morgan fingerprint density at radius 2 is 2.00 bits per heavy atom. The number of rotatable bonds is 10. The minimum Gasteiger partial charge on any atom is -0.477 e. The van der Waals surface area contributed by atoms with Gasteiger partial charge in [0.2, 0.25) is 11.8 Å². The van der Waals surface area contributed by atoms with Crippen molar-refractivity contribution in [2.24, 2.45) is 17.1 Å². The van der Waals surface area contributed by atoms with Crippen LogP contribution in [-0.4, -0.2) is 34.4 Å². The fourth-order valence-electron chi connectivity index (χ4n) is 2.09. The third kappa shape index (κ3) is 6.51. The van der Waals surface area contributed by atoms with E-state index in [9.17, 15) is 14.4 Å². The number of thioether (sulfide) groups is 1. The molecule has 124 valence electrons. The van der Waals surface area contributed by atoms with E-state index in [0.717, 1.165) is 25.0 Å². The van der Waals surface area contributed by atoms with E-state index in [1.54, 1.807) is 6.08 Å². The molecule has 1 fully saturated rings. The zero-order valence-electron chi connectivity index (χ0n) is 13.1. The molecule has 1 saturated carbocycles. The Hall–Kier alpha value is -1.50. The number of hydrogen-bond acceptors (Lipinski definition) is 4. The summed E-state index contributed by atoms with van der Waals surface area (Å²) in [7, 11) is 0. The average Bonchev–Trinajstić information content (AvgIpc) is 3.04. The summed E-state index contributed by atoms with van der Waals surface area (Å²) in [5.41, 5.74) is 4.96. The summed E-state index contributed by atoms with van der Waals surface area (Å²) in [6.07, 6.45) is 4.59. The lowest BCUT2D eigenvalue weighted by molar-refractivity contribution is -0.135. The van der Waals surface area contributed by atoms with Crippen LogP contribution in [0.15, 0.2) is 11.8 Å². The smallest absolute Gasteiger partial charge is 0.352 e. The number of amides is 2. The number of carbonyl (C=O) groups excluding carboxylic acids is 2. The number of nitrogens with two attached hydrogens (primary N) is 1. The highest BCUT2D eigenvalue weighted by molar-refractivity contribution is 7.99. The molecule has 1 aliphatic carbocycles. The number of allylic oxidation sites excluding steroid dienone is 1. The van der Waals surface area contributed by atoms with Gasteiger partial charge in [0.15, 0.2) is 0 Å². The van der Waals surface area contributed by atoms with E-state index in [-0.39, 0.29) is 28.8 Å². The zero-order valence-corrected chi connectivity index (χ0v) is 13.9. The summed E-state index contributed by atoms with van der Waals surface area (Å²) in [4.78, 5) is 33.6. The molecule has 1 unspecified atom stereocenters. The number of nitrogens with one attached hydrogen (secondary N) is 1. The third-order valence-corrected chi connectivity index (χ3v) is 4.72. The van der Waals surface area contributed by atoms with Crippen molar-refractivity contribution < 1.29 is 19.5 Å². The van der Waals surface area contributed by atoms with E-state index in [2.05, 4.69) is 5.32 Å². The number of aliphatic carboxylic acids is 1. The standard InChI is InChI=1S/C15H24N2O4S/c1-15(2)8-10(15)13(19)17-11(14(20)21)6-4-3-5-7-22-9-12(16)18/h6,10H,3-5,7-9H2,1-2H3,(H2,16,18)(H,17,19)(H,20,21)/b11-6+. The van der Waals surface area contributed by atoms with Gasteiger partial charge in [0.25, 0.3) is 0 Å². The van der Waals surface area contributed by atoms with Crippen molar-refractivity contribution in [3.63, 3.8) is 0 Å². The van der Waals surface area contributed by atoms with Gasteiger partial charge in [0.1, 0.15) is 5.70 Å². The van der Waals surface area contributed by atoms with E-state index in [0.29, 0.717) is 12.2 Å². The van der Waals surface area contributed by atoms with Crippen LogP contribution in [0.3, 0.4) is 0 Å². The number of carbonyl (C=O) groups is 3. The van der Waals surface area contributed by atoms with Crippen LogP contribution < -0.4 is 11.1 Å². The lowest BCUT2D eigenvalue weighted by atomic mass is 10.1. The lowest BCUT2D eigenvalue weighted by Crippen LogP contribution is -2.29. The predicted molar refractivity (Wildman–Crippen MR) is 86.1 cm³/mol. The molecule has 6 nitrogen and oxygen atoms in total. The molecule has 0 spiro atoms. The Morgan fingerprint density at radius 1 is 1.36 bits per heavy atom. The van der Waals surface area contributed by atoms with E-state index in [1.807, 2.05) is 13.8 Å². The Kier molecular flexibility index (Phi) is 6.93. The van der Waals surface area contributed by atoms with Gasteiger partial charge in [-0.05, 0) is 36.9 Å². The Bertz CT molecular complexity index is 474. The molecule has 1 rings (SSSR count). The van der Waals surface area contributed by atoms with Crippen molar-refractivity contribution in [3.8, 4) is 0 Å². The first-order chi connectivity index (χ1) is 10.2. The second-order valence-corrected chi connectivity index (χ2v) is 7.28. The first kappa shape index (κ1) is 18.5. The van der Waals surface area contributed by atoms with Crippen LogP contribution in [0.1, 0.15) is 39.5 Å². The summed E-state index contributed by atoms with van der Waals surface area (Å²) in [6, 6.07) is 0. The van der Waals surface area contributed by atoms with Gasteiger partial charge in [-0.2, -0.15) is 11.8 Å². The fraction of sp³-hybridized carbons (Fsp3) is 0.667. The molecule has 2 amide bonds. The highest BCUT2D eigenvalue weighted by Crippen LogP contribution is 2.51. The number of carboxylic acids is 1. The molecule has 0 aliphatic heterocycles. The molecule has 0 aromatic heterocycles. The van der Waals surface area contributed by atoms with Crippen molar-refractivity contribution in [3.05, 3.63) is 11.8 Å². The maximum absolute atomic E-state index is 11.9. The minimum atomic E-state index is -1.12. The second kappa shape index (κ2) is 8.22. The van der Waals surface area contributed by atoms with Crippen molar-refractivity contribution >= 4 is 29.5 Å². The van der Waals surface area contributed by atoms with Gasteiger partial charge in [0.05, 0.1) is 5.75 Å². The SMILES string of the molecule is CC1(C)CC1C(=O)N/C(=C/CCCCSCC(N)=O)C(=O)O. The van der Waals surface area contributed by atoms with Gasteiger partial charge in [0, 0.05) is 5.92 Å². The van der Waals surface area contributed by atoms with E-state index in [4.69, 9.17) is 10.8 Å². The molecule has 0 heterocycles. The molecular weight excluding hydrogens is 304 g/mol. The average molecular weight is 328 g/mol. The first-order valence-corrected chi connectivity index (χ1v) is 8.50. The van der Waals surface area contributed by atoms with Crippen LogP contribution in [0.2, 0.25) is 0 Å². The molecule has 0 aromatic carbocycles. The number of primary amides is 1. The van der Waals surface area contributed by atoms with Crippen LogP contribution >= 0.6 is 11.8 Å². The highest BCUT2D eigenvalue weighted by atomic mass is 32.2. The zero-order chi connectivity index (χ0) is 16.8. The van der Waals surface area contributed by atoms with Gasteiger partial charge >= 0.3 is 5.97 Å². The van der Waals surface area contributed by atoms with E-state index < -0.39 is 5.97 Å². The fourth-order valence-corrected chi connectivity index (χ4v) is 2.85. The van der Waals surface area contributed by atoms with Gasteiger partial charge in [-0.3, -0.25) is 9.59 Å². The molecule has 7 heteroatoms. The van der Waals surface area contributed by atoms with Crippen molar-refractivity contribution in [1.82, 2.24) is 5.32 Å². The minimum absolute atomic E-state index is 0.0225. The van der Waals surface area contributed by atoms with E-state index in [1.165, 1.54) is 11.8 Å². The Morgan fingerprint density at radius 3 is 2.50 bits per heavy atom. The number of hydrogen-bond donors (Lipinski definition) is 3. The summed E-state index contributed by atoms with van der Waals surface area (Å²) in [5, 5.41) is 11.6. The summed E-state index contributed by atoms with van der Waals surface area (Å²) in [5.74, 6) is -0.638. The molecule has 0 radical (unpaired) electrons. The third-order valence-electron chi connectivity index (χ3n) is 3.65. The number of carboxylic acid groups (broad SMARTS) is 1. The monoisotopic (exact) mass is 328 g/mol. The Labute approximate surface area is 134 Å². The lowest BCUT2D eigenvalue weighted by Gasteiger charge is -2.07. The quantitative estimate of drug-likeness (QED) is 0.416. The number of unbranched alkanes of at least 4 members (excludes halogenated alkanes) is 2. The summed E-state index contributed by atoms with van der Waals surface area (Å²) in [6.45, 7) is 3.98. The molecule has 1 aliphatic rings. The van der Waals surface area contributed by atoms with Crippen LogP contribution in [0.4, 0.5) is 0 Å². The molecule has 0 aromatic rings. The molecule has 0 saturated heterocycles. The van der Waals surface area contributed by atoms with Crippen molar-refractivity contribution in [2.45, 2.75) is 39.5 Å². The van der Waals surface area contributed by atoms with E-state index >= 15 is 0 Å². The second-order valence-electron chi connectivity index (χ2n) is 6.17. The molecule has 22 heavy (non-hydrogen) atoms. The summed E-state index contributed by atoms with van der Waals surface area (Å²) >= 11 is 1.47. The summed E-state index contributed by atoms with van der Waals surface area (Å²) < 4.78 is 0. The van der Waals surface area contributed by atoms with Crippen molar-refractivity contribution in [2.75, 3.05) is 11.5 Å². The topological polar surface area (TPSA) is 109 Å².